The van der Waals surface area contributed by atoms with E-state index < -0.39 is 10.0 Å². The number of piperazine rings is 1. The molecule has 1 aromatic rings. The lowest BCUT2D eigenvalue weighted by Crippen LogP contribution is -2.51. The summed E-state index contributed by atoms with van der Waals surface area (Å²) >= 11 is 0. The summed E-state index contributed by atoms with van der Waals surface area (Å²) in [4.78, 5) is 14.1. The van der Waals surface area contributed by atoms with Crippen molar-refractivity contribution in [3.8, 4) is 5.75 Å². The van der Waals surface area contributed by atoms with Crippen LogP contribution in [0.5, 0.6) is 5.75 Å². The van der Waals surface area contributed by atoms with E-state index in [1.165, 1.54) is 11.4 Å². The fourth-order valence-electron chi connectivity index (χ4n) is 2.69. The molecule has 0 bridgehead atoms. The van der Waals surface area contributed by atoms with E-state index in [9.17, 15) is 13.2 Å². The van der Waals surface area contributed by atoms with Gasteiger partial charge in [0.05, 0.1) is 25.4 Å². The average Bonchev–Trinajstić information content (AvgIpc) is 2.62. The lowest BCUT2D eigenvalue weighted by Gasteiger charge is -2.34. The lowest BCUT2D eigenvalue weighted by atomic mass is 10.1. The minimum absolute atomic E-state index is 0.0121. The molecule has 7 nitrogen and oxygen atoms in total. The summed E-state index contributed by atoms with van der Waals surface area (Å²) in [6.45, 7) is 4.22. The zero-order chi connectivity index (χ0) is 18.3. The summed E-state index contributed by atoms with van der Waals surface area (Å²) in [5, 5.41) is 0. The Kier molecular flexibility index (Phi) is 7.22. The molecule has 25 heavy (non-hydrogen) atoms. The number of rotatable bonds is 8. The molecule has 0 unspecified atom stereocenters. The van der Waals surface area contributed by atoms with Crippen LogP contribution in [0.2, 0.25) is 0 Å². The highest BCUT2D eigenvalue weighted by molar-refractivity contribution is 7.89. The Balaban J connectivity index is 1.84. The fourth-order valence-corrected chi connectivity index (χ4v) is 4.05. The number of sulfonamides is 1. The SMILES string of the molecule is CCOc1ccc(CC(=O)N2CCN(S(=O)(=O)CCOC)CC2)cc1. The van der Waals surface area contributed by atoms with Crippen LogP contribution in [0.25, 0.3) is 0 Å². The van der Waals surface area contributed by atoms with Crippen LogP contribution < -0.4 is 4.74 Å². The Morgan fingerprint density at radius 1 is 1.12 bits per heavy atom. The second kappa shape index (κ2) is 9.17. The zero-order valence-electron chi connectivity index (χ0n) is 14.8. The number of methoxy groups -OCH3 is 1. The Morgan fingerprint density at radius 2 is 1.76 bits per heavy atom. The first-order valence-electron chi connectivity index (χ1n) is 8.42. The molecule has 1 fully saturated rings. The standard InChI is InChI=1S/C17H26N2O5S/c1-3-24-16-6-4-15(5-7-16)14-17(20)18-8-10-19(11-9-18)25(21,22)13-12-23-2/h4-7H,3,8-14H2,1-2H3. The fraction of sp³-hybridized carbons (Fsp3) is 0.588. The molecule has 0 spiro atoms. The van der Waals surface area contributed by atoms with Gasteiger partial charge in [0, 0.05) is 33.3 Å². The maximum absolute atomic E-state index is 12.4. The third-order valence-electron chi connectivity index (χ3n) is 4.12. The Morgan fingerprint density at radius 3 is 2.32 bits per heavy atom. The predicted molar refractivity (Wildman–Crippen MR) is 95.1 cm³/mol. The molecule has 8 heteroatoms. The predicted octanol–water partition coefficient (Wildman–Crippen LogP) is 0.748. The molecule has 0 aromatic heterocycles. The van der Waals surface area contributed by atoms with Gasteiger partial charge in [-0.2, -0.15) is 4.31 Å². The van der Waals surface area contributed by atoms with Crippen LogP contribution in [0.1, 0.15) is 12.5 Å². The van der Waals surface area contributed by atoms with Crippen LogP contribution in [-0.4, -0.2) is 75.8 Å². The molecular formula is C17H26N2O5S. The number of ether oxygens (including phenoxy) is 2. The van der Waals surface area contributed by atoms with Crippen molar-refractivity contribution in [1.29, 1.82) is 0 Å². The van der Waals surface area contributed by atoms with Gasteiger partial charge < -0.3 is 14.4 Å². The van der Waals surface area contributed by atoms with Crippen molar-refractivity contribution < 1.29 is 22.7 Å². The highest BCUT2D eigenvalue weighted by atomic mass is 32.2. The van der Waals surface area contributed by atoms with E-state index in [4.69, 9.17) is 9.47 Å². The average molecular weight is 370 g/mol. The summed E-state index contributed by atoms with van der Waals surface area (Å²) in [5.74, 6) is 0.774. The minimum Gasteiger partial charge on any atom is -0.494 e. The zero-order valence-corrected chi connectivity index (χ0v) is 15.6. The second-order valence-electron chi connectivity index (χ2n) is 5.84. The van der Waals surface area contributed by atoms with E-state index >= 15 is 0 Å². The first-order valence-corrected chi connectivity index (χ1v) is 10.0. The molecule has 1 saturated heterocycles. The molecule has 1 aliphatic heterocycles. The first-order chi connectivity index (χ1) is 12.0. The van der Waals surface area contributed by atoms with Crippen molar-refractivity contribution in [2.24, 2.45) is 0 Å². The highest BCUT2D eigenvalue weighted by Crippen LogP contribution is 2.14. The molecule has 0 aliphatic carbocycles. The maximum Gasteiger partial charge on any atom is 0.227 e. The van der Waals surface area contributed by atoms with Crippen molar-refractivity contribution >= 4 is 15.9 Å². The Hall–Kier alpha value is -1.64. The Bertz CT molecular complexity index is 652. The maximum atomic E-state index is 12.4. The van der Waals surface area contributed by atoms with Crippen molar-refractivity contribution in [3.63, 3.8) is 0 Å². The van der Waals surface area contributed by atoms with Gasteiger partial charge >= 0.3 is 0 Å². The number of hydrogen-bond donors (Lipinski definition) is 0. The number of nitrogens with zero attached hydrogens (tertiary/aromatic N) is 2. The van der Waals surface area contributed by atoms with Crippen LogP contribution >= 0.6 is 0 Å². The third-order valence-corrected chi connectivity index (χ3v) is 5.95. The summed E-state index contributed by atoms with van der Waals surface area (Å²) in [5.41, 5.74) is 0.920. The summed E-state index contributed by atoms with van der Waals surface area (Å²) in [7, 11) is -1.83. The molecule has 1 aliphatic rings. The number of amides is 1. The molecule has 2 rings (SSSR count). The highest BCUT2D eigenvalue weighted by Gasteiger charge is 2.28. The smallest absolute Gasteiger partial charge is 0.227 e. The molecule has 140 valence electrons. The minimum atomic E-state index is -3.31. The summed E-state index contributed by atoms with van der Waals surface area (Å²) < 4.78 is 35.9. The quantitative estimate of drug-likeness (QED) is 0.675. The number of carbonyl (C=O) groups excluding carboxylic acids is 1. The monoisotopic (exact) mass is 370 g/mol. The van der Waals surface area contributed by atoms with E-state index in [1.54, 1.807) is 4.90 Å². The number of carbonyl (C=O) groups is 1. The van der Waals surface area contributed by atoms with Crippen molar-refractivity contribution in [3.05, 3.63) is 29.8 Å². The van der Waals surface area contributed by atoms with E-state index in [2.05, 4.69) is 0 Å². The normalized spacial score (nSPS) is 16.0. The van der Waals surface area contributed by atoms with Gasteiger partial charge in [0.2, 0.25) is 15.9 Å². The van der Waals surface area contributed by atoms with E-state index in [0.717, 1.165) is 11.3 Å². The molecule has 0 atom stereocenters. The van der Waals surface area contributed by atoms with Crippen LogP contribution in [0.3, 0.4) is 0 Å². The number of benzene rings is 1. The van der Waals surface area contributed by atoms with E-state index in [1.807, 2.05) is 31.2 Å². The van der Waals surface area contributed by atoms with Gasteiger partial charge in [-0.05, 0) is 24.6 Å². The van der Waals surface area contributed by atoms with Gasteiger partial charge in [0.1, 0.15) is 5.75 Å². The van der Waals surface area contributed by atoms with E-state index in [0.29, 0.717) is 39.2 Å². The molecule has 0 saturated carbocycles. The van der Waals surface area contributed by atoms with Crippen molar-refractivity contribution in [2.45, 2.75) is 13.3 Å². The third kappa shape index (κ3) is 5.69. The van der Waals surface area contributed by atoms with Gasteiger partial charge in [0.25, 0.3) is 0 Å². The molecule has 0 N–H and O–H groups in total. The van der Waals surface area contributed by atoms with E-state index in [-0.39, 0.29) is 18.3 Å². The molecular weight excluding hydrogens is 344 g/mol. The van der Waals surface area contributed by atoms with Crippen molar-refractivity contribution in [2.75, 3.05) is 52.3 Å². The summed E-state index contributed by atoms with van der Waals surface area (Å²) in [6.07, 6.45) is 0.308. The molecule has 0 radical (unpaired) electrons. The second-order valence-corrected chi connectivity index (χ2v) is 7.93. The first kappa shape index (κ1) is 19.7. The van der Waals surface area contributed by atoms with Gasteiger partial charge in [-0.3, -0.25) is 4.79 Å². The van der Waals surface area contributed by atoms with Gasteiger partial charge in [0.15, 0.2) is 0 Å². The largest absolute Gasteiger partial charge is 0.494 e. The van der Waals surface area contributed by atoms with Gasteiger partial charge in [-0.25, -0.2) is 8.42 Å². The van der Waals surface area contributed by atoms with Crippen LogP contribution in [0.4, 0.5) is 0 Å². The van der Waals surface area contributed by atoms with Gasteiger partial charge in [-0.15, -0.1) is 0 Å². The topological polar surface area (TPSA) is 76.2 Å². The van der Waals surface area contributed by atoms with Crippen LogP contribution in [0, 0.1) is 0 Å². The lowest BCUT2D eigenvalue weighted by molar-refractivity contribution is -0.131. The molecule has 1 amide bonds. The van der Waals surface area contributed by atoms with Crippen molar-refractivity contribution in [1.82, 2.24) is 9.21 Å². The molecule has 1 aromatic carbocycles. The number of hydrogen-bond acceptors (Lipinski definition) is 5. The van der Waals surface area contributed by atoms with Crippen LogP contribution in [0.15, 0.2) is 24.3 Å². The Labute approximate surface area is 149 Å². The van der Waals surface area contributed by atoms with Gasteiger partial charge in [-0.1, -0.05) is 12.1 Å². The van der Waals surface area contributed by atoms with Crippen LogP contribution in [-0.2, 0) is 26.0 Å². The molecule has 1 heterocycles. The summed E-state index contributed by atoms with van der Waals surface area (Å²) in [6, 6.07) is 7.47.